The standard InChI is InChI=1S/C25H27N5O4S/c1-33-23-6-4-3-5-18(23)16-29-13-11-19(12-14-29)30-24-22(15-28-30)25(27-17-26-24)34-20-7-9-21(10-8-20)35(2,31)32/h3-10,15,17,19H,11-14,16H2,1-2H3. The third-order valence-electron chi connectivity index (χ3n) is 6.31. The van der Waals surface area contributed by atoms with Crippen LogP contribution < -0.4 is 9.47 Å². The summed E-state index contributed by atoms with van der Waals surface area (Å²) in [7, 11) is -1.56. The lowest BCUT2D eigenvalue weighted by Crippen LogP contribution is -2.34. The van der Waals surface area contributed by atoms with Crippen molar-refractivity contribution in [1.29, 1.82) is 0 Å². The lowest BCUT2D eigenvalue weighted by molar-refractivity contribution is 0.173. The van der Waals surface area contributed by atoms with E-state index in [4.69, 9.17) is 9.47 Å². The minimum absolute atomic E-state index is 0.234. The summed E-state index contributed by atoms with van der Waals surface area (Å²) in [4.78, 5) is 11.4. The number of benzene rings is 2. The molecule has 0 N–H and O–H groups in total. The Morgan fingerprint density at radius 3 is 2.49 bits per heavy atom. The number of piperidine rings is 1. The maximum atomic E-state index is 11.7. The van der Waals surface area contributed by atoms with Crippen molar-refractivity contribution in [3.8, 4) is 17.4 Å². The van der Waals surface area contributed by atoms with Crippen LogP contribution in [0.1, 0.15) is 24.4 Å². The topological polar surface area (TPSA) is 99.4 Å². The maximum absolute atomic E-state index is 11.7. The van der Waals surface area contributed by atoms with E-state index in [1.807, 2.05) is 22.9 Å². The van der Waals surface area contributed by atoms with E-state index in [-0.39, 0.29) is 10.9 Å². The van der Waals surface area contributed by atoms with E-state index in [0.29, 0.717) is 11.6 Å². The van der Waals surface area contributed by atoms with Gasteiger partial charge in [0.05, 0.1) is 24.2 Å². The van der Waals surface area contributed by atoms with E-state index in [1.54, 1.807) is 25.4 Å². The van der Waals surface area contributed by atoms with Gasteiger partial charge in [-0.15, -0.1) is 0 Å². The minimum Gasteiger partial charge on any atom is -0.496 e. The molecule has 0 unspecified atom stereocenters. The number of ether oxygens (including phenoxy) is 2. The van der Waals surface area contributed by atoms with E-state index in [0.717, 1.165) is 49.3 Å². The fraction of sp³-hybridized carbons (Fsp3) is 0.320. The summed E-state index contributed by atoms with van der Waals surface area (Å²) >= 11 is 0. The Morgan fingerprint density at radius 2 is 1.77 bits per heavy atom. The first-order valence-corrected chi connectivity index (χ1v) is 13.3. The van der Waals surface area contributed by atoms with E-state index in [2.05, 4.69) is 26.0 Å². The summed E-state index contributed by atoms with van der Waals surface area (Å²) in [5, 5.41) is 5.34. The molecule has 0 amide bonds. The van der Waals surface area contributed by atoms with Crippen LogP contribution in [0.2, 0.25) is 0 Å². The second kappa shape index (κ2) is 9.63. The van der Waals surface area contributed by atoms with Crippen molar-refractivity contribution >= 4 is 20.9 Å². The molecule has 35 heavy (non-hydrogen) atoms. The molecule has 5 rings (SSSR count). The third kappa shape index (κ3) is 4.98. The van der Waals surface area contributed by atoms with Crippen LogP contribution in [0.3, 0.4) is 0 Å². The largest absolute Gasteiger partial charge is 0.496 e. The molecule has 10 heteroatoms. The van der Waals surface area contributed by atoms with Crippen LogP contribution in [-0.4, -0.2) is 59.5 Å². The smallest absolute Gasteiger partial charge is 0.233 e. The molecule has 1 aliphatic heterocycles. The van der Waals surface area contributed by atoms with Crippen LogP contribution >= 0.6 is 0 Å². The number of nitrogens with zero attached hydrogens (tertiary/aromatic N) is 5. The fourth-order valence-corrected chi connectivity index (χ4v) is 5.08. The molecule has 3 heterocycles. The molecule has 0 atom stereocenters. The Morgan fingerprint density at radius 1 is 1.03 bits per heavy atom. The van der Waals surface area contributed by atoms with Crippen molar-refractivity contribution in [2.24, 2.45) is 0 Å². The molecule has 1 aliphatic rings. The van der Waals surface area contributed by atoms with Gasteiger partial charge in [-0.3, -0.25) is 4.90 Å². The van der Waals surface area contributed by atoms with Gasteiger partial charge in [0.2, 0.25) is 5.88 Å². The Kier molecular flexibility index (Phi) is 6.40. The molecule has 0 aliphatic carbocycles. The second-order valence-corrected chi connectivity index (χ2v) is 10.7. The average molecular weight is 494 g/mol. The number of sulfone groups is 1. The lowest BCUT2D eigenvalue weighted by atomic mass is 10.0. The van der Waals surface area contributed by atoms with Gasteiger partial charge < -0.3 is 9.47 Å². The third-order valence-corrected chi connectivity index (χ3v) is 7.44. The first kappa shape index (κ1) is 23.3. The summed E-state index contributed by atoms with van der Waals surface area (Å²) in [5.41, 5.74) is 1.92. The van der Waals surface area contributed by atoms with Gasteiger partial charge in [0.15, 0.2) is 15.5 Å². The van der Waals surface area contributed by atoms with Gasteiger partial charge in [-0.2, -0.15) is 5.10 Å². The molecule has 9 nitrogen and oxygen atoms in total. The highest BCUT2D eigenvalue weighted by atomic mass is 32.2. The quantitative estimate of drug-likeness (QED) is 0.383. The lowest BCUT2D eigenvalue weighted by Gasteiger charge is -2.32. The van der Waals surface area contributed by atoms with Crippen LogP contribution in [0.5, 0.6) is 17.4 Å². The number of hydrogen-bond acceptors (Lipinski definition) is 8. The molecule has 1 saturated heterocycles. The van der Waals surface area contributed by atoms with Gasteiger partial charge in [-0.05, 0) is 43.2 Å². The molecule has 2 aromatic heterocycles. The monoisotopic (exact) mass is 493 g/mol. The Balaban J connectivity index is 1.29. The van der Waals surface area contributed by atoms with Crippen molar-refractivity contribution in [3.63, 3.8) is 0 Å². The van der Waals surface area contributed by atoms with Crippen LogP contribution in [0.15, 0.2) is 66.0 Å². The van der Waals surface area contributed by atoms with E-state index in [1.165, 1.54) is 30.3 Å². The van der Waals surface area contributed by atoms with Crippen molar-refractivity contribution in [3.05, 3.63) is 66.6 Å². The zero-order chi connectivity index (χ0) is 24.4. The van der Waals surface area contributed by atoms with Gasteiger partial charge in [-0.1, -0.05) is 18.2 Å². The van der Waals surface area contributed by atoms with E-state index in [9.17, 15) is 8.42 Å². The second-order valence-electron chi connectivity index (χ2n) is 8.67. The number of hydrogen-bond donors (Lipinski definition) is 0. The molecule has 2 aromatic carbocycles. The summed E-state index contributed by atoms with van der Waals surface area (Å²) in [6.45, 7) is 2.76. The summed E-state index contributed by atoms with van der Waals surface area (Å²) in [6.07, 6.45) is 6.29. The van der Waals surface area contributed by atoms with Crippen LogP contribution in [0.4, 0.5) is 0 Å². The van der Waals surface area contributed by atoms with Crippen molar-refractivity contribution in [1.82, 2.24) is 24.6 Å². The number of rotatable bonds is 7. The maximum Gasteiger partial charge on any atom is 0.233 e. The summed E-state index contributed by atoms with van der Waals surface area (Å²) in [5.74, 6) is 1.81. The molecular weight excluding hydrogens is 466 g/mol. The van der Waals surface area contributed by atoms with Crippen LogP contribution in [0.25, 0.3) is 11.0 Å². The first-order chi connectivity index (χ1) is 16.9. The van der Waals surface area contributed by atoms with Gasteiger partial charge in [0.25, 0.3) is 0 Å². The van der Waals surface area contributed by atoms with Crippen molar-refractivity contribution in [2.45, 2.75) is 30.3 Å². The molecule has 0 saturated carbocycles. The van der Waals surface area contributed by atoms with Crippen molar-refractivity contribution in [2.75, 3.05) is 26.5 Å². The zero-order valence-electron chi connectivity index (χ0n) is 19.7. The molecule has 182 valence electrons. The van der Waals surface area contributed by atoms with Crippen molar-refractivity contribution < 1.29 is 17.9 Å². The predicted molar refractivity (Wildman–Crippen MR) is 131 cm³/mol. The summed E-state index contributed by atoms with van der Waals surface area (Å²) in [6, 6.07) is 14.6. The molecule has 1 fully saturated rings. The Labute approximate surface area is 204 Å². The minimum atomic E-state index is -3.27. The van der Waals surface area contributed by atoms with Gasteiger partial charge in [0, 0.05) is 31.5 Å². The molecular formula is C25H27N5O4S. The van der Waals surface area contributed by atoms with E-state index >= 15 is 0 Å². The molecule has 0 radical (unpaired) electrons. The number of likely N-dealkylation sites (tertiary alicyclic amines) is 1. The number of fused-ring (bicyclic) bond motifs is 1. The Bertz CT molecular complexity index is 1430. The SMILES string of the molecule is COc1ccccc1CN1CCC(n2ncc3c(Oc4ccc(S(C)(=O)=O)cc4)ncnc32)CC1. The fourth-order valence-electron chi connectivity index (χ4n) is 4.45. The van der Waals surface area contributed by atoms with Crippen LogP contribution in [0, 0.1) is 0 Å². The summed E-state index contributed by atoms with van der Waals surface area (Å²) < 4.78 is 36.8. The van der Waals surface area contributed by atoms with Gasteiger partial charge in [-0.25, -0.2) is 23.1 Å². The highest BCUT2D eigenvalue weighted by Gasteiger charge is 2.24. The Hall–Kier alpha value is -3.50. The number of para-hydroxylation sites is 1. The average Bonchev–Trinajstić information content (AvgIpc) is 3.30. The molecule has 4 aromatic rings. The number of methoxy groups -OCH3 is 1. The number of aromatic nitrogens is 4. The van der Waals surface area contributed by atoms with Gasteiger partial charge >= 0.3 is 0 Å². The van der Waals surface area contributed by atoms with Gasteiger partial charge in [0.1, 0.15) is 23.2 Å². The molecule has 0 bridgehead atoms. The highest BCUT2D eigenvalue weighted by Crippen LogP contribution is 2.31. The molecule has 0 spiro atoms. The normalized spacial score (nSPS) is 15.4. The predicted octanol–water partition coefficient (Wildman–Crippen LogP) is 3.87. The highest BCUT2D eigenvalue weighted by molar-refractivity contribution is 7.90. The first-order valence-electron chi connectivity index (χ1n) is 11.4. The van der Waals surface area contributed by atoms with Crippen LogP contribution in [-0.2, 0) is 16.4 Å². The zero-order valence-corrected chi connectivity index (χ0v) is 20.5. The van der Waals surface area contributed by atoms with E-state index < -0.39 is 9.84 Å².